The molecule has 0 bridgehead atoms. The number of hydrogen-bond acceptors (Lipinski definition) is 5. The van der Waals surface area contributed by atoms with E-state index in [-0.39, 0.29) is 19.2 Å². The summed E-state index contributed by atoms with van der Waals surface area (Å²) in [5.74, 6) is 0.790. The van der Waals surface area contributed by atoms with Crippen molar-refractivity contribution in [1.82, 2.24) is 10.6 Å². The maximum Gasteiger partial charge on any atom is 0.314 e. The molecule has 0 spiro atoms. The van der Waals surface area contributed by atoms with E-state index in [1.807, 2.05) is 12.1 Å². The van der Waals surface area contributed by atoms with E-state index in [9.17, 15) is 4.79 Å². The molecule has 0 aromatic carbocycles. The zero-order valence-corrected chi connectivity index (χ0v) is 11.5. The number of ether oxygens (including phenoxy) is 2. The molecule has 7 nitrogen and oxygen atoms in total. The average molecular weight is 286 g/mol. The Kier molecular flexibility index (Phi) is 9.29. The molecule has 0 fully saturated rings. The highest BCUT2D eigenvalue weighted by atomic mass is 16.5. The number of carbonyl (C=O) groups is 1. The Hall–Kier alpha value is -1.57. The van der Waals surface area contributed by atoms with E-state index in [0.29, 0.717) is 32.9 Å². The van der Waals surface area contributed by atoms with E-state index >= 15 is 0 Å². The number of nitrogens with one attached hydrogen (secondary N) is 2. The Morgan fingerprint density at radius 2 is 2.05 bits per heavy atom. The predicted octanol–water partition coefficient (Wildman–Crippen LogP) is 0.494. The molecule has 0 aliphatic heterocycles. The largest absolute Gasteiger partial charge is 0.467 e. The Morgan fingerprint density at radius 3 is 2.80 bits per heavy atom. The summed E-state index contributed by atoms with van der Waals surface area (Å²) in [6.45, 7) is 2.63. The van der Waals surface area contributed by atoms with E-state index in [2.05, 4.69) is 10.6 Å². The lowest BCUT2D eigenvalue weighted by Crippen LogP contribution is -2.38. The molecule has 1 heterocycles. The molecule has 114 valence electrons. The van der Waals surface area contributed by atoms with Gasteiger partial charge in [0.15, 0.2) is 0 Å². The predicted molar refractivity (Wildman–Crippen MR) is 72.3 cm³/mol. The van der Waals surface area contributed by atoms with Crippen molar-refractivity contribution in [2.24, 2.45) is 0 Å². The van der Waals surface area contributed by atoms with Gasteiger partial charge in [0.1, 0.15) is 12.4 Å². The number of aliphatic hydroxyl groups excluding tert-OH is 1. The first-order valence-electron chi connectivity index (χ1n) is 6.63. The average Bonchev–Trinajstić information content (AvgIpc) is 2.95. The van der Waals surface area contributed by atoms with Gasteiger partial charge >= 0.3 is 6.03 Å². The molecule has 0 unspecified atom stereocenters. The van der Waals surface area contributed by atoms with E-state index < -0.39 is 0 Å². The second-order valence-electron chi connectivity index (χ2n) is 4.00. The molecule has 1 rings (SSSR count). The van der Waals surface area contributed by atoms with E-state index in [4.69, 9.17) is 19.0 Å². The zero-order valence-electron chi connectivity index (χ0n) is 11.5. The van der Waals surface area contributed by atoms with Gasteiger partial charge in [0, 0.05) is 19.7 Å². The Labute approximate surface area is 118 Å². The fourth-order valence-electron chi connectivity index (χ4n) is 1.41. The molecular formula is C13H22N2O5. The number of aliphatic hydroxyl groups is 1. The maximum absolute atomic E-state index is 11.3. The minimum Gasteiger partial charge on any atom is -0.467 e. The normalized spacial score (nSPS) is 10.4. The second kappa shape index (κ2) is 11.3. The zero-order chi connectivity index (χ0) is 14.5. The van der Waals surface area contributed by atoms with Crippen molar-refractivity contribution in [2.45, 2.75) is 13.0 Å². The van der Waals surface area contributed by atoms with Crippen molar-refractivity contribution in [2.75, 3.05) is 39.5 Å². The molecule has 0 aliphatic carbocycles. The van der Waals surface area contributed by atoms with Gasteiger partial charge in [-0.25, -0.2) is 4.79 Å². The highest BCUT2D eigenvalue weighted by Gasteiger charge is 1.99. The third-order valence-electron chi connectivity index (χ3n) is 2.34. The van der Waals surface area contributed by atoms with Gasteiger partial charge in [0.25, 0.3) is 0 Å². The SMILES string of the molecule is O=C(NCCCOCc1ccco1)NCCOCCO. The Bertz CT molecular complexity index is 343. The van der Waals surface area contributed by atoms with Crippen molar-refractivity contribution in [3.05, 3.63) is 24.2 Å². The van der Waals surface area contributed by atoms with Gasteiger partial charge in [-0.3, -0.25) is 0 Å². The van der Waals surface area contributed by atoms with Crippen LogP contribution in [0.5, 0.6) is 0 Å². The van der Waals surface area contributed by atoms with Crippen molar-refractivity contribution in [3.8, 4) is 0 Å². The maximum atomic E-state index is 11.3. The van der Waals surface area contributed by atoms with E-state index in [0.717, 1.165) is 12.2 Å². The number of rotatable bonds is 11. The number of carbonyl (C=O) groups excluding carboxylic acids is 1. The van der Waals surface area contributed by atoms with Crippen LogP contribution in [-0.4, -0.2) is 50.7 Å². The highest BCUT2D eigenvalue weighted by molar-refractivity contribution is 5.73. The van der Waals surface area contributed by atoms with Crippen LogP contribution < -0.4 is 10.6 Å². The van der Waals surface area contributed by atoms with Gasteiger partial charge in [-0.15, -0.1) is 0 Å². The number of hydrogen-bond donors (Lipinski definition) is 3. The van der Waals surface area contributed by atoms with Crippen LogP contribution in [0.25, 0.3) is 0 Å². The van der Waals surface area contributed by atoms with Crippen LogP contribution in [0.15, 0.2) is 22.8 Å². The third-order valence-corrected chi connectivity index (χ3v) is 2.34. The van der Waals surface area contributed by atoms with Crippen molar-refractivity contribution in [1.29, 1.82) is 0 Å². The van der Waals surface area contributed by atoms with Crippen molar-refractivity contribution < 1.29 is 23.8 Å². The molecule has 7 heteroatoms. The van der Waals surface area contributed by atoms with Gasteiger partial charge in [0.05, 0.1) is 26.1 Å². The molecule has 1 aromatic rings. The highest BCUT2D eigenvalue weighted by Crippen LogP contribution is 2.01. The summed E-state index contributed by atoms with van der Waals surface area (Å²) < 4.78 is 15.5. The third kappa shape index (κ3) is 8.52. The molecule has 0 radical (unpaired) electrons. The van der Waals surface area contributed by atoms with Crippen molar-refractivity contribution >= 4 is 6.03 Å². The van der Waals surface area contributed by atoms with Crippen LogP contribution in [-0.2, 0) is 16.1 Å². The topological polar surface area (TPSA) is 93.0 Å². The Balaban J connectivity index is 1.84. The van der Waals surface area contributed by atoms with E-state index in [1.165, 1.54) is 0 Å². The monoisotopic (exact) mass is 286 g/mol. The first kappa shape index (κ1) is 16.5. The molecular weight excluding hydrogens is 264 g/mol. The molecule has 0 saturated heterocycles. The first-order valence-corrected chi connectivity index (χ1v) is 6.63. The molecule has 0 aliphatic rings. The fourth-order valence-corrected chi connectivity index (χ4v) is 1.41. The van der Waals surface area contributed by atoms with Crippen LogP contribution in [0, 0.1) is 0 Å². The van der Waals surface area contributed by atoms with Crippen molar-refractivity contribution in [3.63, 3.8) is 0 Å². The summed E-state index contributed by atoms with van der Waals surface area (Å²) in [6, 6.07) is 3.43. The summed E-state index contributed by atoms with van der Waals surface area (Å²) >= 11 is 0. The van der Waals surface area contributed by atoms with Gasteiger partial charge in [0.2, 0.25) is 0 Å². The standard InChI is InChI=1S/C13H22N2O5/c16-6-10-18-9-5-15-13(17)14-4-2-7-19-11-12-3-1-8-20-12/h1,3,8,16H,2,4-7,9-11H2,(H2,14,15,17). The number of furan rings is 1. The summed E-state index contributed by atoms with van der Waals surface area (Å²) in [5, 5.41) is 13.8. The minimum atomic E-state index is -0.233. The smallest absolute Gasteiger partial charge is 0.314 e. The van der Waals surface area contributed by atoms with Crippen LogP contribution in [0.1, 0.15) is 12.2 Å². The summed E-state index contributed by atoms with van der Waals surface area (Å²) in [5.41, 5.74) is 0. The van der Waals surface area contributed by atoms with Gasteiger partial charge < -0.3 is 29.6 Å². The lowest BCUT2D eigenvalue weighted by molar-refractivity contribution is 0.0945. The fraction of sp³-hybridized carbons (Fsp3) is 0.615. The lowest BCUT2D eigenvalue weighted by atomic mass is 10.4. The number of amides is 2. The molecule has 3 N–H and O–H groups in total. The van der Waals surface area contributed by atoms with Crippen LogP contribution in [0.3, 0.4) is 0 Å². The lowest BCUT2D eigenvalue weighted by Gasteiger charge is -2.08. The molecule has 0 saturated carbocycles. The summed E-state index contributed by atoms with van der Waals surface area (Å²) in [4.78, 5) is 11.3. The molecule has 20 heavy (non-hydrogen) atoms. The molecule has 0 atom stereocenters. The van der Waals surface area contributed by atoms with Crippen LogP contribution in [0.4, 0.5) is 4.79 Å². The molecule has 1 aromatic heterocycles. The van der Waals surface area contributed by atoms with Gasteiger partial charge in [-0.1, -0.05) is 0 Å². The van der Waals surface area contributed by atoms with E-state index in [1.54, 1.807) is 6.26 Å². The Morgan fingerprint density at radius 1 is 1.20 bits per heavy atom. The molecule has 2 amide bonds. The van der Waals surface area contributed by atoms with Gasteiger partial charge in [-0.05, 0) is 18.6 Å². The number of urea groups is 1. The van der Waals surface area contributed by atoms with Crippen LogP contribution >= 0.6 is 0 Å². The first-order chi connectivity index (χ1) is 9.83. The summed E-state index contributed by atoms with van der Waals surface area (Å²) in [6.07, 6.45) is 2.34. The minimum absolute atomic E-state index is 0.00972. The summed E-state index contributed by atoms with van der Waals surface area (Å²) in [7, 11) is 0. The van der Waals surface area contributed by atoms with Gasteiger partial charge in [-0.2, -0.15) is 0 Å². The van der Waals surface area contributed by atoms with Crippen LogP contribution in [0.2, 0.25) is 0 Å². The second-order valence-corrected chi connectivity index (χ2v) is 4.00. The quantitative estimate of drug-likeness (QED) is 0.515.